The van der Waals surface area contributed by atoms with Gasteiger partial charge in [-0.15, -0.1) is 0 Å². The lowest BCUT2D eigenvalue weighted by molar-refractivity contribution is -0.132. The van der Waals surface area contributed by atoms with Crippen LogP contribution in [0, 0.1) is 17.3 Å². The van der Waals surface area contributed by atoms with Gasteiger partial charge < -0.3 is 4.74 Å². The third kappa shape index (κ3) is 1.39. The van der Waals surface area contributed by atoms with Crippen molar-refractivity contribution in [1.82, 2.24) is 0 Å². The standard InChI is InChI=1S/C14H20O2/c1-13(2)8-9-10(13)6-7-14(3)12(16-14)5-4-11(9)15/h4-5,9-10,12H,6-8H2,1-3H3/b5-4-/t9-,10+,12?,14+/m0/s1. The first-order valence-electron chi connectivity index (χ1n) is 6.32. The predicted octanol–water partition coefficient (Wildman–Crippen LogP) is 2.73. The van der Waals surface area contributed by atoms with Crippen molar-refractivity contribution in [3.8, 4) is 0 Å². The van der Waals surface area contributed by atoms with Crippen molar-refractivity contribution in [3.63, 3.8) is 0 Å². The first kappa shape index (κ1) is 10.5. The Hall–Kier alpha value is -0.630. The Balaban J connectivity index is 1.84. The van der Waals surface area contributed by atoms with E-state index in [4.69, 9.17) is 4.74 Å². The predicted molar refractivity (Wildman–Crippen MR) is 62.0 cm³/mol. The van der Waals surface area contributed by atoms with Gasteiger partial charge in [-0.05, 0) is 49.7 Å². The van der Waals surface area contributed by atoms with Gasteiger partial charge in [0.1, 0.15) is 6.10 Å². The number of rotatable bonds is 0. The molecule has 4 atom stereocenters. The third-order valence-electron chi connectivity index (χ3n) is 4.93. The molecule has 2 fully saturated rings. The molecular formula is C14H20O2. The van der Waals surface area contributed by atoms with E-state index in [2.05, 4.69) is 20.8 Å². The van der Waals surface area contributed by atoms with Crippen LogP contribution in [0.25, 0.3) is 0 Å². The van der Waals surface area contributed by atoms with Crippen LogP contribution >= 0.6 is 0 Å². The van der Waals surface area contributed by atoms with E-state index in [1.807, 2.05) is 6.08 Å². The molecule has 88 valence electrons. The zero-order chi connectivity index (χ0) is 11.6. The summed E-state index contributed by atoms with van der Waals surface area (Å²) in [5.41, 5.74) is 0.372. The second-order valence-corrected chi connectivity index (χ2v) is 6.56. The molecular weight excluding hydrogens is 200 g/mol. The van der Waals surface area contributed by atoms with Gasteiger partial charge in [0.15, 0.2) is 5.78 Å². The summed E-state index contributed by atoms with van der Waals surface area (Å²) in [6.45, 7) is 6.74. The molecule has 0 amide bonds. The van der Waals surface area contributed by atoms with E-state index in [1.165, 1.54) is 0 Å². The van der Waals surface area contributed by atoms with E-state index < -0.39 is 0 Å². The third-order valence-corrected chi connectivity index (χ3v) is 4.93. The molecule has 0 bridgehead atoms. The molecule has 1 saturated heterocycles. The lowest BCUT2D eigenvalue weighted by Gasteiger charge is -2.51. The van der Waals surface area contributed by atoms with Crippen LogP contribution in [-0.2, 0) is 9.53 Å². The summed E-state index contributed by atoms with van der Waals surface area (Å²) in [6.07, 6.45) is 7.22. The highest BCUT2D eigenvalue weighted by atomic mass is 16.6. The average molecular weight is 220 g/mol. The number of hydrogen-bond donors (Lipinski definition) is 0. The Bertz CT molecular complexity index is 369. The van der Waals surface area contributed by atoms with Gasteiger partial charge in [-0.25, -0.2) is 0 Å². The first-order chi connectivity index (χ1) is 7.42. The fraction of sp³-hybridized carbons (Fsp3) is 0.786. The molecule has 0 spiro atoms. The van der Waals surface area contributed by atoms with Crippen molar-refractivity contribution in [3.05, 3.63) is 12.2 Å². The summed E-state index contributed by atoms with van der Waals surface area (Å²) in [7, 11) is 0. The second-order valence-electron chi connectivity index (χ2n) is 6.56. The van der Waals surface area contributed by atoms with Gasteiger partial charge in [0.05, 0.1) is 5.60 Å². The molecule has 0 N–H and O–H groups in total. The Morgan fingerprint density at radius 3 is 2.81 bits per heavy atom. The van der Waals surface area contributed by atoms with Gasteiger partial charge in [0.25, 0.3) is 0 Å². The lowest BCUT2D eigenvalue weighted by atomic mass is 9.53. The van der Waals surface area contributed by atoms with E-state index in [9.17, 15) is 4.79 Å². The van der Waals surface area contributed by atoms with Crippen LogP contribution in [0.15, 0.2) is 12.2 Å². The van der Waals surface area contributed by atoms with Crippen LogP contribution in [0.5, 0.6) is 0 Å². The van der Waals surface area contributed by atoms with E-state index in [0.29, 0.717) is 17.1 Å². The molecule has 2 heteroatoms. The minimum Gasteiger partial charge on any atom is -0.362 e. The first-order valence-corrected chi connectivity index (χ1v) is 6.32. The molecule has 3 aliphatic rings. The van der Waals surface area contributed by atoms with Crippen LogP contribution in [-0.4, -0.2) is 17.5 Å². The summed E-state index contributed by atoms with van der Waals surface area (Å²) in [6, 6.07) is 0. The molecule has 1 saturated carbocycles. The van der Waals surface area contributed by atoms with Crippen LogP contribution in [0.3, 0.4) is 0 Å². The van der Waals surface area contributed by atoms with E-state index >= 15 is 0 Å². The number of allylic oxidation sites excluding steroid dienone is 1. The van der Waals surface area contributed by atoms with Crippen molar-refractivity contribution in [1.29, 1.82) is 0 Å². The highest BCUT2D eigenvalue weighted by Crippen LogP contribution is 2.56. The Kier molecular flexibility index (Phi) is 1.96. The van der Waals surface area contributed by atoms with E-state index in [1.54, 1.807) is 6.08 Å². The Labute approximate surface area is 97.1 Å². The van der Waals surface area contributed by atoms with Crippen molar-refractivity contribution < 1.29 is 9.53 Å². The quantitative estimate of drug-likeness (QED) is 0.587. The molecule has 0 aromatic heterocycles. The van der Waals surface area contributed by atoms with Crippen molar-refractivity contribution in [2.75, 3.05) is 0 Å². The maximum atomic E-state index is 12.0. The van der Waals surface area contributed by atoms with Gasteiger partial charge in [0, 0.05) is 5.92 Å². The van der Waals surface area contributed by atoms with Gasteiger partial charge in [-0.3, -0.25) is 4.79 Å². The van der Waals surface area contributed by atoms with Crippen molar-refractivity contribution >= 4 is 5.78 Å². The molecule has 3 rings (SSSR count). The second kappa shape index (κ2) is 2.98. The zero-order valence-corrected chi connectivity index (χ0v) is 10.3. The maximum Gasteiger partial charge on any atom is 0.158 e. The van der Waals surface area contributed by atoms with Gasteiger partial charge in [-0.2, -0.15) is 0 Å². The van der Waals surface area contributed by atoms with Crippen molar-refractivity contribution in [2.45, 2.75) is 51.7 Å². The number of hydrogen-bond acceptors (Lipinski definition) is 2. The molecule has 0 radical (unpaired) electrons. The highest BCUT2D eigenvalue weighted by molar-refractivity contribution is 5.93. The number of ketones is 1. The Morgan fingerprint density at radius 1 is 1.38 bits per heavy atom. The average Bonchev–Trinajstić information content (AvgIpc) is 2.82. The summed E-state index contributed by atoms with van der Waals surface area (Å²) < 4.78 is 5.67. The molecule has 2 aliphatic carbocycles. The highest BCUT2D eigenvalue weighted by Gasteiger charge is 2.55. The smallest absolute Gasteiger partial charge is 0.158 e. The fourth-order valence-electron chi connectivity index (χ4n) is 3.58. The van der Waals surface area contributed by atoms with Crippen LogP contribution in [0.2, 0.25) is 0 Å². The van der Waals surface area contributed by atoms with Crippen LogP contribution in [0.1, 0.15) is 40.0 Å². The number of fused-ring (bicyclic) bond motifs is 2. The molecule has 0 aromatic carbocycles. The van der Waals surface area contributed by atoms with Crippen LogP contribution < -0.4 is 0 Å². The summed E-state index contributed by atoms with van der Waals surface area (Å²) in [5.74, 6) is 1.17. The normalized spacial score (nSPS) is 51.2. The van der Waals surface area contributed by atoms with E-state index in [-0.39, 0.29) is 17.6 Å². The molecule has 1 heterocycles. The molecule has 2 nitrogen and oxygen atoms in total. The zero-order valence-electron chi connectivity index (χ0n) is 10.3. The summed E-state index contributed by atoms with van der Waals surface area (Å²) in [4.78, 5) is 12.0. The topological polar surface area (TPSA) is 29.6 Å². The number of epoxide rings is 1. The van der Waals surface area contributed by atoms with Gasteiger partial charge in [0.2, 0.25) is 0 Å². The number of carbonyl (C=O) groups is 1. The van der Waals surface area contributed by atoms with Gasteiger partial charge in [-0.1, -0.05) is 13.8 Å². The molecule has 1 aliphatic heterocycles. The SMILES string of the molecule is CC1(C)C[C@@H]2C(=O)/C=C\C3O[C@]3(C)CC[C@H]21. The minimum absolute atomic E-state index is 0.0251. The monoisotopic (exact) mass is 220 g/mol. The van der Waals surface area contributed by atoms with Crippen LogP contribution in [0.4, 0.5) is 0 Å². The Morgan fingerprint density at radius 2 is 2.12 bits per heavy atom. The fourth-order valence-corrected chi connectivity index (χ4v) is 3.58. The van der Waals surface area contributed by atoms with E-state index in [0.717, 1.165) is 19.3 Å². The van der Waals surface area contributed by atoms with Crippen molar-refractivity contribution in [2.24, 2.45) is 17.3 Å². The summed E-state index contributed by atoms with van der Waals surface area (Å²) >= 11 is 0. The molecule has 16 heavy (non-hydrogen) atoms. The largest absolute Gasteiger partial charge is 0.362 e. The molecule has 1 unspecified atom stereocenters. The lowest BCUT2D eigenvalue weighted by Crippen LogP contribution is -2.47. The van der Waals surface area contributed by atoms with Gasteiger partial charge >= 0.3 is 0 Å². The maximum absolute atomic E-state index is 12.0. The molecule has 0 aromatic rings. The summed E-state index contributed by atoms with van der Waals surface area (Å²) in [5, 5.41) is 0. The minimum atomic E-state index is 0.0251. The number of carbonyl (C=O) groups excluding carboxylic acids is 1. The number of ether oxygens (including phenoxy) is 1.